The van der Waals surface area contributed by atoms with Crippen molar-refractivity contribution in [2.45, 2.75) is 39.4 Å². The van der Waals surface area contributed by atoms with Gasteiger partial charge in [0.05, 0.1) is 10.2 Å². The highest BCUT2D eigenvalue weighted by Gasteiger charge is 2.31. The molecular formula is C85H71BN2O12S2. The van der Waals surface area contributed by atoms with Crippen LogP contribution in [0.25, 0.3) is 50.6 Å². The van der Waals surface area contributed by atoms with Gasteiger partial charge in [-0.2, -0.15) is 0 Å². The van der Waals surface area contributed by atoms with Crippen molar-refractivity contribution in [2.75, 3.05) is 0 Å². The van der Waals surface area contributed by atoms with Crippen molar-refractivity contribution in [1.82, 2.24) is 10.6 Å². The molecule has 0 aromatic heterocycles. The molecule has 0 bridgehead atoms. The second-order valence-electron chi connectivity index (χ2n) is 23.7. The monoisotopic (exact) mass is 1390 g/mol. The van der Waals surface area contributed by atoms with Gasteiger partial charge in [0.25, 0.3) is 16.4 Å². The van der Waals surface area contributed by atoms with Crippen molar-refractivity contribution in [3.8, 4) is 90.5 Å². The van der Waals surface area contributed by atoms with Crippen LogP contribution in [0.15, 0.2) is 296 Å². The van der Waals surface area contributed by atoms with Crippen LogP contribution >= 0.6 is 23.5 Å². The number of aromatic hydroxyl groups is 2. The third-order valence-electron chi connectivity index (χ3n) is 15.7. The smallest absolute Gasteiger partial charge is 0.488 e. The molecule has 102 heavy (non-hydrogen) atoms. The van der Waals surface area contributed by atoms with E-state index in [1.54, 1.807) is 48.5 Å². The summed E-state index contributed by atoms with van der Waals surface area (Å²) >= 11 is 1.95. The molecule has 2 heterocycles. The first kappa shape index (κ1) is 72.8. The summed E-state index contributed by atoms with van der Waals surface area (Å²) in [7, 11) is -1.51. The Morgan fingerprint density at radius 3 is 1.11 bits per heavy atom. The zero-order valence-electron chi connectivity index (χ0n) is 56.1. The number of imide groups is 2. The highest BCUT2D eigenvalue weighted by molar-refractivity contribution is 8.18. The molecule has 0 spiro atoms. The SMILES string of the molecule is Cc1ccc(-c2cccc(O)c2)cc1.Cc1ccc(-c2cccc(Oc3ccc(/C=C4\SC(=O)NC4=O)cc3)c2)cc1.Cc1ccc(-c2cccc(Oc3ccc(C=O)cc3)c2)cc1.Cc1ccc(-c2cccc(Oc3ccc(CC4SC(=O)NC4=O)cc3)c2)cc1.OB(O)c1cccc(O)c1. The van der Waals surface area contributed by atoms with Gasteiger partial charge in [0, 0.05) is 5.56 Å². The van der Waals surface area contributed by atoms with E-state index in [0.717, 1.165) is 108 Å². The van der Waals surface area contributed by atoms with E-state index in [2.05, 4.69) is 154 Å². The van der Waals surface area contributed by atoms with Gasteiger partial charge >= 0.3 is 7.12 Å². The van der Waals surface area contributed by atoms with Crippen LogP contribution in [0.4, 0.5) is 9.59 Å². The molecule has 1 unspecified atom stereocenters. The standard InChI is InChI=1S/C23H19NO3S.C23H17NO3S.C20H16O2.C13H12O.C6H7BO3/c2*1-15-5-9-17(10-6-15)18-3-2-4-20(14-18)27-19-11-7-16(8-12-19)13-21-22(25)24-23(26)28-21;1-15-5-9-17(10-6-15)18-3-2-4-20(13-18)22-19-11-7-16(14-21)8-12-19;1-10-5-7-11(8-6-10)12-3-2-4-13(14)9-12;8-6-3-1-2-5(4-6)7(9)10/h2-12,14,21H,13H2,1H3,(H,24,25,26);2-14H,1H3,(H,24,25,26);2-14H,1H3;2-9,14H,1H3;1-4,8-10H/b;21-13-;;;. The summed E-state index contributed by atoms with van der Waals surface area (Å²) in [6.07, 6.45) is 3.03. The Balaban J connectivity index is 0.000000143. The maximum Gasteiger partial charge on any atom is 0.488 e. The minimum absolute atomic E-state index is 0.0330. The zero-order chi connectivity index (χ0) is 71.9. The van der Waals surface area contributed by atoms with Crippen molar-refractivity contribution < 1.29 is 58.4 Å². The number of aldehydes is 1. The van der Waals surface area contributed by atoms with Gasteiger partial charge in [-0.3, -0.25) is 34.6 Å². The lowest BCUT2D eigenvalue weighted by molar-refractivity contribution is -0.119. The number of phenols is 2. The van der Waals surface area contributed by atoms with E-state index in [0.29, 0.717) is 39.6 Å². The number of aryl methyl sites for hydroxylation is 4. The molecule has 2 fully saturated rings. The summed E-state index contributed by atoms with van der Waals surface area (Å²) in [5.74, 6) is 4.19. The lowest BCUT2D eigenvalue weighted by Crippen LogP contribution is -2.29. The molecule has 2 aliphatic rings. The van der Waals surface area contributed by atoms with Crippen LogP contribution in [0.2, 0.25) is 0 Å². The number of thioether (sulfide) groups is 2. The zero-order valence-corrected chi connectivity index (χ0v) is 57.7. The van der Waals surface area contributed by atoms with Crippen LogP contribution in [0.3, 0.4) is 0 Å². The van der Waals surface area contributed by atoms with Gasteiger partial charge in [-0.15, -0.1) is 0 Å². The molecule has 17 heteroatoms. The Morgan fingerprint density at radius 1 is 0.392 bits per heavy atom. The van der Waals surface area contributed by atoms with Gasteiger partial charge in [-0.1, -0.05) is 216 Å². The number of amides is 4. The average molecular weight is 1390 g/mol. The van der Waals surface area contributed by atoms with E-state index in [1.165, 1.54) is 40.5 Å². The van der Waals surface area contributed by atoms with Crippen LogP contribution in [-0.2, 0) is 16.0 Å². The summed E-state index contributed by atoms with van der Waals surface area (Å²) in [5, 5.41) is 38.9. The van der Waals surface area contributed by atoms with Crippen molar-refractivity contribution in [3.05, 3.63) is 335 Å². The van der Waals surface area contributed by atoms with E-state index in [-0.39, 0.29) is 33.3 Å². The van der Waals surface area contributed by atoms with E-state index in [9.17, 15) is 29.1 Å². The number of ether oxygens (including phenoxy) is 3. The van der Waals surface area contributed by atoms with Gasteiger partial charge in [-0.25, -0.2) is 0 Å². The Morgan fingerprint density at radius 2 is 0.765 bits per heavy atom. The number of nitrogens with one attached hydrogen (secondary N) is 2. The fourth-order valence-electron chi connectivity index (χ4n) is 10.2. The van der Waals surface area contributed by atoms with Crippen molar-refractivity contribution in [1.29, 1.82) is 0 Å². The topological polar surface area (TPSA) is 218 Å². The van der Waals surface area contributed by atoms with E-state index in [1.807, 2.05) is 115 Å². The summed E-state index contributed by atoms with van der Waals surface area (Å²) < 4.78 is 17.8. The first-order valence-electron chi connectivity index (χ1n) is 32.4. The molecule has 508 valence electrons. The Bertz CT molecular complexity index is 4880. The Labute approximate surface area is 601 Å². The second kappa shape index (κ2) is 35.7. The van der Waals surface area contributed by atoms with Crippen molar-refractivity contribution in [3.63, 3.8) is 0 Å². The molecule has 2 saturated heterocycles. The maximum atomic E-state index is 11.7. The predicted octanol–water partition coefficient (Wildman–Crippen LogP) is 18.8. The predicted molar refractivity (Wildman–Crippen MR) is 409 cm³/mol. The molecule has 6 N–H and O–H groups in total. The van der Waals surface area contributed by atoms with Crippen LogP contribution in [0.1, 0.15) is 43.7 Å². The quantitative estimate of drug-likeness (QED) is 0.0320. The van der Waals surface area contributed by atoms with Crippen LogP contribution in [0.5, 0.6) is 46.0 Å². The minimum Gasteiger partial charge on any atom is -0.508 e. The van der Waals surface area contributed by atoms with Gasteiger partial charge < -0.3 is 34.5 Å². The first-order valence-corrected chi connectivity index (χ1v) is 34.1. The number of rotatable bonds is 15. The lowest BCUT2D eigenvalue weighted by Gasteiger charge is -2.10. The molecule has 12 aromatic rings. The third kappa shape index (κ3) is 22.0. The molecule has 0 radical (unpaired) electrons. The van der Waals surface area contributed by atoms with Crippen LogP contribution in [0, 0.1) is 27.7 Å². The number of hydrogen-bond donors (Lipinski definition) is 6. The largest absolute Gasteiger partial charge is 0.508 e. The fraction of sp³-hybridized carbons (Fsp3) is 0.0706. The normalized spacial score (nSPS) is 13.0. The number of carbonyl (C=O) groups is 5. The highest BCUT2D eigenvalue weighted by atomic mass is 32.2. The van der Waals surface area contributed by atoms with Crippen LogP contribution < -0.4 is 30.3 Å². The van der Waals surface area contributed by atoms with Gasteiger partial charge in [0.1, 0.15) is 52.3 Å². The van der Waals surface area contributed by atoms with Crippen molar-refractivity contribution >= 4 is 70.8 Å². The summed E-state index contributed by atoms with van der Waals surface area (Å²) in [5.41, 5.74) is 16.6. The number of benzene rings is 12. The lowest BCUT2D eigenvalue weighted by atomic mass is 9.80. The second-order valence-corrected chi connectivity index (χ2v) is 25.9. The van der Waals surface area contributed by atoms with E-state index < -0.39 is 7.12 Å². The molecule has 0 aliphatic carbocycles. The number of phenolic OH excluding ortho intramolecular Hbond substituents is 2. The molecule has 0 saturated carbocycles. The minimum atomic E-state index is -1.51. The average Bonchev–Trinajstić information content (AvgIpc) is 1.98. The number of carbonyl (C=O) groups excluding carboxylic acids is 5. The third-order valence-corrected chi connectivity index (χ3v) is 17.5. The fourth-order valence-corrected chi connectivity index (χ4v) is 11.8. The molecule has 1 atom stereocenters. The molecular weight excluding hydrogens is 1320 g/mol. The summed E-state index contributed by atoms with van der Waals surface area (Å²) in [6.45, 7) is 8.28. The van der Waals surface area contributed by atoms with Gasteiger partial charge in [-0.05, 0) is 222 Å². The molecule has 2 aliphatic heterocycles. The van der Waals surface area contributed by atoms with Crippen LogP contribution in [-0.4, -0.2) is 61.2 Å². The highest BCUT2D eigenvalue weighted by Crippen LogP contribution is 2.34. The van der Waals surface area contributed by atoms with Gasteiger partial charge in [0.15, 0.2) is 0 Å². The number of hydrogen-bond acceptors (Lipinski definition) is 14. The Hall–Kier alpha value is -12.0. The maximum absolute atomic E-state index is 11.7. The van der Waals surface area contributed by atoms with E-state index in [4.69, 9.17) is 29.4 Å². The first-order chi connectivity index (χ1) is 49.3. The summed E-state index contributed by atoms with van der Waals surface area (Å²) in [4.78, 5) is 56.9. The Kier molecular flexibility index (Phi) is 25.5. The molecule has 14 rings (SSSR count). The van der Waals surface area contributed by atoms with Crippen molar-refractivity contribution in [2.24, 2.45) is 0 Å². The summed E-state index contributed by atoms with van der Waals surface area (Å²) in [6, 6.07) is 92.5. The van der Waals surface area contributed by atoms with E-state index >= 15 is 0 Å². The molecule has 14 nitrogen and oxygen atoms in total. The molecule has 12 aromatic carbocycles. The van der Waals surface area contributed by atoms with Gasteiger partial charge in [0.2, 0.25) is 5.91 Å². The molecule has 4 amide bonds.